The van der Waals surface area contributed by atoms with Crippen LogP contribution in [0.4, 0.5) is 22.0 Å². The van der Waals surface area contributed by atoms with Crippen LogP contribution in [0.2, 0.25) is 0 Å². The molecule has 0 aliphatic carbocycles. The topological polar surface area (TPSA) is 60.2 Å². The van der Waals surface area contributed by atoms with E-state index >= 15 is 0 Å². The van der Waals surface area contributed by atoms with Crippen LogP contribution in [0, 0.1) is 17.5 Å². The lowest BCUT2D eigenvalue weighted by Gasteiger charge is -2.08. The highest BCUT2D eigenvalue weighted by Crippen LogP contribution is 2.40. The van der Waals surface area contributed by atoms with Gasteiger partial charge in [0.15, 0.2) is 9.84 Å². The van der Waals surface area contributed by atoms with Crippen molar-refractivity contribution in [2.24, 2.45) is 0 Å². The SMILES string of the molecule is CS(=O)(=O)c1c(F)cc(-c2c(-c3ccc(F)cc3)noc2C(F)F)cc1F. The summed E-state index contributed by atoms with van der Waals surface area (Å²) < 4.78 is 95.7. The van der Waals surface area contributed by atoms with Crippen LogP contribution in [0.1, 0.15) is 12.2 Å². The molecule has 3 rings (SSSR count). The molecule has 10 heteroatoms. The summed E-state index contributed by atoms with van der Waals surface area (Å²) in [7, 11) is -4.22. The maximum atomic E-state index is 14.2. The van der Waals surface area contributed by atoms with Gasteiger partial charge in [-0.1, -0.05) is 5.16 Å². The Kier molecular flexibility index (Phi) is 4.77. The van der Waals surface area contributed by atoms with Crippen LogP contribution in [0.3, 0.4) is 0 Å². The van der Waals surface area contributed by atoms with Crippen LogP contribution in [0.5, 0.6) is 0 Å². The number of alkyl halides is 2. The molecule has 0 fully saturated rings. The number of rotatable bonds is 4. The summed E-state index contributed by atoms with van der Waals surface area (Å²) in [6.45, 7) is 0. The Bertz CT molecular complexity index is 1090. The molecular formula is C17H10F5NO3S. The van der Waals surface area contributed by atoms with E-state index in [4.69, 9.17) is 0 Å². The van der Waals surface area contributed by atoms with Gasteiger partial charge in [0.1, 0.15) is 28.0 Å². The number of hydrogen-bond acceptors (Lipinski definition) is 4. The van der Waals surface area contributed by atoms with Gasteiger partial charge in [-0.25, -0.2) is 30.4 Å². The van der Waals surface area contributed by atoms with Gasteiger partial charge in [-0.3, -0.25) is 0 Å². The van der Waals surface area contributed by atoms with E-state index in [1.807, 2.05) is 0 Å². The fraction of sp³-hybridized carbons (Fsp3) is 0.118. The van der Waals surface area contributed by atoms with Crippen molar-refractivity contribution in [3.63, 3.8) is 0 Å². The Morgan fingerprint density at radius 3 is 2.00 bits per heavy atom. The van der Waals surface area contributed by atoms with Gasteiger partial charge >= 0.3 is 0 Å². The average molecular weight is 403 g/mol. The Hall–Kier alpha value is -2.75. The first kappa shape index (κ1) is 19.0. The zero-order valence-corrected chi connectivity index (χ0v) is 14.3. The molecule has 0 atom stereocenters. The van der Waals surface area contributed by atoms with Gasteiger partial charge in [-0.15, -0.1) is 0 Å². The van der Waals surface area contributed by atoms with Gasteiger partial charge in [0, 0.05) is 11.8 Å². The molecule has 0 bridgehead atoms. The van der Waals surface area contributed by atoms with Crippen molar-refractivity contribution in [1.29, 1.82) is 0 Å². The van der Waals surface area contributed by atoms with Crippen molar-refractivity contribution >= 4 is 9.84 Å². The maximum absolute atomic E-state index is 14.2. The van der Waals surface area contributed by atoms with E-state index in [2.05, 4.69) is 9.68 Å². The highest BCUT2D eigenvalue weighted by molar-refractivity contribution is 7.90. The fourth-order valence-corrected chi connectivity index (χ4v) is 3.42. The first-order chi connectivity index (χ1) is 12.6. The van der Waals surface area contributed by atoms with Gasteiger partial charge in [0.05, 0.1) is 5.56 Å². The van der Waals surface area contributed by atoms with Gasteiger partial charge < -0.3 is 4.52 Å². The van der Waals surface area contributed by atoms with E-state index in [9.17, 15) is 30.4 Å². The lowest BCUT2D eigenvalue weighted by Crippen LogP contribution is -2.05. The molecule has 0 unspecified atom stereocenters. The van der Waals surface area contributed by atoms with Crippen molar-refractivity contribution < 1.29 is 34.9 Å². The zero-order chi connectivity index (χ0) is 19.9. The molecule has 1 aromatic heterocycles. The van der Waals surface area contributed by atoms with Crippen LogP contribution >= 0.6 is 0 Å². The summed E-state index contributed by atoms with van der Waals surface area (Å²) in [5.41, 5.74) is -0.853. The summed E-state index contributed by atoms with van der Waals surface area (Å²) in [6, 6.07) is 5.75. The number of aromatic nitrogens is 1. The second-order valence-corrected chi connectivity index (χ2v) is 7.57. The Balaban J connectivity index is 2.28. The molecule has 1 heterocycles. The van der Waals surface area contributed by atoms with Crippen LogP contribution in [0.15, 0.2) is 45.8 Å². The summed E-state index contributed by atoms with van der Waals surface area (Å²) in [5, 5.41) is 3.50. The molecule has 0 spiro atoms. The molecule has 0 saturated heterocycles. The summed E-state index contributed by atoms with van der Waals surface area (Å²) in [6.07, 6.45) is -2.55. The molecule has 3 aromatic rings. The minimum absolute atomic E-state index is 0.162. The number of hydrogen-bond donors (Lipinski definition) is 0. The molecule has 0 saturated carbocycles. The Morgan fingerprint density at radius 2 is 1.52 bits per heavy atom. The van der Waals surface area contributed by atoms with Crippen LogP contribution in [0.25, 0.3) is 22.4 Å². The standard InChI is InChI=1S/C17H10F5NO3S/c1-27(24,25)16-11(19)6-9(7-12(16)20)13-14(23-26-15(13)17(21)22)8-2-4-10(18)5-3-8/h2-7,17H,1H3. The molecule has 4 nitrogen and oxygen atoms in total. The highest BCUT2D eigenvalue weighted by Gasteiger charge is 2.28. The predicted octanol–water partition coefficient (Wildman–Crippen LogP) is 4.77. The number of benzene rings is 2. The third kappa shape index (κ3) is 3.57. The number of nitrogens with zero attached hydrogens (tertiary/aromatic N) is 1. The van der Waals surface area contributed by atoms with Gasteiger partial charge in [-0.05, 0) is 42.0 Å². The van der Waals surface area contributed by atoms with E-state index in [1.165, 1.54) is 12.1 Å². The van der Waals surface area contributed by atoms with Gasteiger partial charge in [0.25, 0.3) is 6.43 Å². The van der Waals surface area contributed by atoms with Crippen molar-refractivity contribution in [1.82, 2.24) is 5.16 Å². The molecule has 142 valence electrons. The van der Waals surface area contributed by atoms with E-state index in [-0.39, 0.29) is 11.3 Å². The van der Waals surface area contributed by atoms with E-state index in [0.717, 1.165) is 12.1 Å². The Morgan fingerprint density at radius 1 is 0.963 bits per heavy atom. The maximum Gasteiger partial charge on any atom is 0.298 e. The molecule has 2 aromatic carbocycles. The first-order valence-electron chi connectivity index (χ1n) is 7.32. The zero-order valence-electron chi connectivity index (χ0n) is 13.5. The van der Waals surface area contributed by atoms with E-state index < -0.39 is 55.5 Å². The predicted molar refractivity (Wildman–Crippen MR) is 85.3 cm³/mol. The quantitative estimate of drug-likeness (QED) is 0.589. The number of halogens is 5. The molecule has 0 aliphatic rings. The number of sulfone groups is 1. The van der Waals surface area contributed by atoms with E-state index in [0.29, 0.717) is 18.4 Å². The summed E-state index contributed by atoms with van der Waals surface area (Å²) >= 11 is 0. The second-order valence-electron chi connectivity index (χ2n) is 5.62. The first-order valence-corrected chi connectivity index (χ1v) is 9.22. The average Bonchev–Trinajstić information content (AvgIpc) is 2.98. The smallest absolute Gasteiger partial charge is 0.298 e. The monoisotopic (exact) mass is 403 g/mol. The van der Waals surface area contributed by atoms with Crippen molar-refractivity contribution in [2.45, 2.75) is 11.3 Å². The highest BCUT2D eigenvalue weighted by atomic mass is 32.2. The third-order valence-electron chi connectivity index (χ3n) is 3.69. The molecular weight excluding hydrogens is 393 g/mol. The summed E-state index contributed by atoms with van der Waals surface area (Å²) in [5.74, 6) is -4.44. The minimum atomic E-state index is -4.22. The van der Waals surface area contributed by atoms with Crippen LogP contribution < -0.4 is 0 Å². The molecule has 0 radical (unpaired) electrons. The largest absolute Gasteiger partial charge is 0.354 e. The molecule has 0 aliphatic heterocycles. The van der Waals surface area contributed by atoms with Crippen molar-refractivity contribution in [3.8, 4) is 22.4 Å². The molecule has 27 heavy (non-hydrogen) atoms. The lowest BCUT2D eigenvalue weighted by atomic mass is 9.99. The van der Waals surface area contributed by atoms with Crippen molar-refractivity contribution in [3.05, 3.63) is 59.6 Å². The Labute approximate surface area is 150 Å². The lowest BCUT2D eigenvalue weighted by molar-refractivity contribution is 0.113. The van der Waals surface area contributed by atoms with Gasteiger partial charge in [-0.2, -0.15) is 0 Å². The van der Waals surface area contributed by atoms with Crippen LogP contribution in [-0.2, 0) is 9.84 Å². The third-order valence-corrected chi connectivity index (χ3v) is 4.82. The second kappa shape index (κ2) is 6.76. The fourth-order valence-electron chi connectivity index (χ4n) is 2.59. The van der Waals surface area contributed by atoms with Crippen molar-refractivity contribution in [2.75, 3.05) is 6.26 Å². The summed E-state index contributed by atoms with van der Waals surface area (Å²) in [4.78, 5) is -1.18. The minimum Gasteiger partial charge on any atom is -0.354 e. The normalized spacial score (nSPS) is 12.0. The van der Waals surface area contributed by atoms with E-state index in [1.54, 1.807) is 0 Å². The van der Waals surface area contributed by atoms with Crippen LogP contribution in [-0.4, -0.2) is 19.8 Å². The molecule has 0 N–H and O–H groups in total. The van der Waals surface area contributed by atoms with Gasteiger partial charge in [0.2, 0.25) is 5.76 Å². The molecule has 0 amide bonds.